The lowest BCUT2D eigenvalue weighted by atomic mass is 9.91. The zero-order chi connectivity index (χ0) is 26.8. The molecule has 1 saturated heterocycles. The number of hydrogen-bond acceptors (Lipinski definition) is 4. The van der Waals surface area contributed by atoms with Crippen molar-refractivity contribution < 1.29 is 31.5 Å². The van der Waals surface area contributed by atoms with Gasteiger partial charge in [-0.25, -0.2) is 17.5 Å². The Kier molecular flexibility index (Phi) is 6.24. The van der Waals surface area contributed by atoms with Gasteiger partial charge in [0.15, 0.2) is 0 Å². The SMILES string of the molecule is CC(O)(C(=O)N1CC2(CC2)C(NS(=O)(=O)C(C)(F)F)C1Cc1cccc(-c2ccccc2)c1F)C1CC1. The molecule has 10 heteroatoms. The van der Waals surface area contributed by atoms with E-state index in [1.807, 2.05) is 6.07 Å². The van der Waals surface area contributed by atoms with Crippen molar-refractivity contribution in [2.24, 2.45) is 11.3 Å². The Morgan fingerprint density at radius 3 is 2.32 bits per heavy atom. The number of sulfonamides is 1. The molecule has 1 aliphatic heterocycles. The van der Waals surface area contributed by atoms with Crippen LogP contribution in [0.1, 0.15) is 45.1 Å². The summed E-state index contributed by atoms with van der Waals surface area (Å²) in [6.45, 7) is 1.86. The molecule has 200 valence electrons. The second kappa shape index (κ2) is 8.81. The second-order valence-corrected chi connectivity index (χ2v) is 13.0. The molecule has 2 N–H and O–H groups in total. The number of alkyl halides is 2. The summed E-state index contributed by atoms with van der Waals surface area (Å²) < 4.78 is 71.0. The number of halogens is 3. The van der Waals surface area contributed by atoms with Gasteiger partial charge in [-0.1, -0.05) is 48.5 Å². The monoisotopic (exact) mass is 536 g/mol. The third-order valence-corrected chi connectivity index (χ3v) is 9.74. The first-order valence-corrected chi connectivity index (χ1v) is 14.0. The zero-order valence-corrected chi connectivity index (χ0v) is 21.6. The number of carbonyl (C=O) groups is 1. The third-order valence-electron chi connectivity index (χ3n) is 8.23. The highest BCUT2D eigenvalue weighted by Crippen LogP contribution is 2.56. The molecule has 2 aliphatic carbocycles. The minimum atomic E-state index is -5.06. The first-order chi connectivity index (χ1) is 17.3. The summed E-state index contributed by atoms with van der Waals surface area (Å²) in [6.07, 6.45) is 2.35. The maximum Gasteiger partial charge on any atom is 0.356 e. The molecule has 1 heterocycles. The van der Waals surface area contributed by atoms with Gasteiger partial charge in [-0.15, -0.1) is 0 Å². The van der Waals surface area contributed by atoms with Crippen LogP contribution in [-0.2, 0) is 21.2 Å². The van der Waals surface area contributed by atoms with Gasteiger partial charge in [0.05, 0.1) is 12.1 Å². The van der Waals surface area contributed by atoms with Crippen molar-refractivity contribution in [3.8, 4) is 11.1 Å². The topological polar surface area (TPSA) is 86.7 Å². The Morgan fingerprint density at radius 1 is 1.11 bits per heavy atom. The van der Waals surface area contributed by atoms with E-state index in [4.69, 9.17) is 0 Å². The molecule has 6 nitrogen and oxygen atoms in total. The van der Waals surface area contributed by atoms with Gasteiger partial charge in [0.25, 0.3) is 15.9 Å². The smallest absolute Gasteiger partial charge is 0.356 e. The standard InChI is InChI=1S/C27H31F3N2O4S/c1-25(34,19-11-12-19)24(33)32-16-27(13-14-27)23(31-37(35,36)26(2,29)30)21(32)15-18-9-6-10-20(22(18)28)17-7-4-3-5-8-17/h3-10,19,21,23,31,34H,11-16H2,1-2H3. The van der Waals surface area contributed by atoms with Crippen LogP contribution in [0.3, 0.4) is 0 Å². The summed E-state index contributed by atoms with van der Waals surface area (Å²) in [6, 6.07) is 11.8. The Bertz CT molecular complexity index is 1300. The Morgan fingerprint density at radius 2 is 1.76 bits per heavy atom. The van der Waals surface area contributed by atoms with Crippen molar-refractivity contribution in [3.05, 3.63) is 59.9 Å². The van der Waals surface area contributed by atoms with Crippen molar-refractivity contribution >= 4 is 15.9 Å². The number of nitrogens with one attached hydrogen (secondary N) is 1. The molecule has 0 bridgehead atoms. The van der Waals surface area contributed by atoms with Crippen LogP contribution >= 0.6 is 0 Å². The number of benzene rings is 2. The number of hydrogen-bond donors (Lipinski definition) is 2. The molecule has 0 radical (unpaired) electrons. The molecular weight excluding hydrogens is 505 g/mol. The molecular formula is C27H31F3N2O4S. The van der Waals surface area contributed by atoms with E-state index >= 15 is 4.39 Å². The van der Waals surface area contributed by atoms with Crippen LogP contribution < -0.4 is 4.72 Å². The van der Waals surface area contributed by atoms with Crippen LogP contribution in [0.15, 0.2) is 48.5 Å². The summed E-state index contributed by atoms with van der Waals surface area (Å²) >= 11 is 0. The molecule has 3 aliphatic rings. The molecule has 2 aromatic carbocycles. The van der Waals surface area contributed by atoms with Gasteiger partial charge in [-0.2, -0.15) is 8.78 Å². The minimum Gasteiger partial charge on any atom is -0.380 e. The first-order valence-electron chi connectivity index (χ1n) is 12.5. The molecule has 3 unspecified atom stereocenters. The molecule has 2 saturated carbocycles. The third kappa shape index (κ3) is 4.68. The fourth-order valence-corrected chi connectivity index (χ4v) is 6.56. The largest absolute Gasteiger partial charge is 0.380 e. The lowest BCUT2D eigenvalue weighted by molar-refractivity contribution is -0.153. The molecule has 1 amide bonds. The minimum absolute atomic E-state index is 0.0940. The van der Waals surface area contributed by atoms with Gasteiger partial charge in [-0.3, -0.25) is 4.79 Å². The number of aliphatic hydroxyl groups is 1. The van der Waals surface area contributed by atoms with Crippen LogP contribution in [0.5, 0.6) is 0 Å². The number of likely N-dealkylation sites (tertiary alicyclic amines) is 1. The van der Waals surface area contributed by atoms with E-state index in [0.29, 0.717) is 43.7 Å². The molecule has 37 heavy (non-hydrogen) atoms. The highest BCUT2D eigenvalue weighted by Gasteiger charge is 2.64. The fraction of sp³-hybridized carbons (Fsp3) is 0.519. The molecule has 5 rings (SSSR count). The summed E-state index contributed by atoms with van der Waals surface area (Å²) in [5.74, 6) is -1.31. The highest BCUT2D eigenvalue weighted by molar-refractivity contribution is 7.90. The van der Waals surface area contributed by atoms with E-state index in [-0.39, 0.29) is 24.4 Å². The van der Waals surface area contributed by atoms with Crippen molar-refractivity contribution in [2.45, 2.75) is 68.9 Å². The normalized spacial score (nSPS) is 24.8. The van der Waals surface area contributed by atoms with Gasteiger partial charge in [0.2, 0.25) is 0 Å². The van der Waals surface area contributed by atoms with Gasteiger partial charge in [0.1, 0.15) is 11.4 Å². The van der Waals surface area contributed by atoms with E-state index in [0.717, 1.165) is 0 Å². The molecule has 0 aromatic heterocycles. The average Bonchev–Trinajstić information content (AvgIpc) is 3.75. The number of amides is 1. The molecule has 2 aromatic rings. The van der Waals surface area contributed by atoms with Crippen molar-refractivity contribution in [1.82, 2.24) is 9.62 Å². The number of rotatable bonds is 8. The average molecular weight is 537 g/mol. The van der Waals surface area contributed by atoms with E-state index < -0.39 is 50.1 Å². The predicted octanol–water partition coefficient (Wildman–Crippen LogP) is 4.09. The fourth-order valence-electron chi connectivity index (χ4n) is 5.61. The van der Waals surface area contributed by atoms with Gasteiger partial charge >= 0.3 is 5.25 Å². The molecule has 3 fully saturated rings. The van der Waals surface area contributed by atoms with E-state index in [9.17, 15) is 27.1 Å². The maximum absolute atomic E-state index is 15.8. The van der Waals surface area contributed by atoms with Crippen LogP contribution in [0.4, 0.5) is 13.2 Å². The van der Waals surface area contributed by atoms with Crippen molar-refractivity contribution in [3.63, 3.8) is 0 Å². The van der Waals surface area contributed by atoms with Crippen LogP contribution in [0.25, 0.3) is 11.1 Å². The number of carbonyl (C=O) groups excluding carboxylic acids is 1. The van der Waals surface area contributed by atoms with Crippen LogP contribution in [0, 0.1) is 17.2 Å². The maximum atomic E-state index is 15.8. The van der Waals surface area contributed by atoms with Crippen molar-refractivity contribution in [1.29, 1.82) is 0 Å². The summed E-state index contributed by atoms with van der Waals surface area (Å²) in [7, 11) is -5.06. The van der Waals surface area contributed by atoms with E-state index in [2.05, 4.69) is 4.72 Å². The Hall–Kier alpha value is -2.43. The quantitative estimate of drug-likeness (QED) is 0.532. The second-order valence-electron chi connectivity index (χ2n) is 11.0. The van der Waals surface area contributed by atoms with Gasteiger partial charge in [-0.05, 0) is 56.1 Å². The Balaban J connectivity index is 1.54. The lowest BCUT2D eigenvalue weighted by Crippen LogP contribution is -2.56. The molecule has 1 spiro atoms. The van der Waals surface area contributed by atoms with Crippen LogP contribution in [0.2, 0.25) is 0 Å². The number of nitrogens with zero attached hydrogens (tertiary/aromatic N) is 1. The van der Waals surface area contributed by atoms with E-state index in [1.54, 1.807) is 42.5 Å². The van der Waals surface area contributed by atoms with Crippen molar-refractivity contribution in [2.75, 3.05) is 6.54 Å². The summed E-state index contributed by atoms with van der Waals surface area (Å²) in [4.78, 5) is 15.0. The summed E-state index contributed by atoms with van der Waals surface area (Å²) in [5, 5.41) is 6.99. The Labute approximate surface area is 214 Å². The van der Waals surface area contributed by atoms with Gasteiger partial charge < -0.3 is 10.0 Å². The zero-order valence-electron chi connectivity index (χ0n) is 20.8. The summed E-state index contributed by atoms with van der Waals surface area (Å²) in [5.41, 5.74) is -1.16. The lowest BCUT2D eigenvalue weighted by Gasteiger charge is -2.34. The van der Waals surface area contributed by atoms with Crippen LogP contribution in [-0.4, -0.2) is 53.8 Å². The highest BCUT2D eigenvalue weighted by atomic mass is 32.2. The van der Waals surface area contributed by atoms with E-state index in [1.165, 1.54) is 11.8 Å². The van der Waals surface area contributed by atoms with Gasteiger partial charge in [0, 0.05) is 24.4 Å². The first kappa shape index (κ1) is 26.2. The molecule has 3 atom stereocenters. The predicted molar refractivity (Wildman–Crippen MR) is 133 cm³/mol.